The number of sulfone groups is 1. The van der Waals surface area contributed by atoms with Crippen molar-refractivity contribution in [1.29, 1.82) is 0 Å². The van der Waals surface area contributed by atoms with Crippen molar-refractivity contribution in [2.24, 2.45) is 0 Å². The summed E-state index contributed by atoms with van der Waals surface area (Å²) in [5.41, 5.74) is -0.310. The van der Waals surface area contributed by atoms with Crippen LogP contribution in [0, 0.1) is 0 Å². The third-order valence-corrected chi connectivity index (χ3v) is 4.33. The molecule has 0 atom stereocenters. The van der Waals surface area contributed by atoms with Gasteiger partial charge in [0.05, 0.1) is 5.75 Å². The first-order valence-electron chi connectivity index (χ1n) is 5.70. The molecule has 0 aliphatic heterocycles. The van der Waals surface area contributed by atoms with E-state index in [0.717, 1.165) is 0 Å². The topological polar surface area (TPSA) is 110 Å². The molecule has 0 aromatic carbocycles. The van der Waals surface area contributed by atoms with Crippen molar-refractivity contribution in [3.05, 3.63) is 36.3 Å². The van der Waals surface area contributed by atoms with E-state index in [1.54, 1.807) is 6.07 Å². The van der Waals surface area contributed by atoms with E-state index in [9.17, 15) is 13.2 Å². The lowest BCUT2D eigenvalue weighted by Crippen LogP contribution is -2.13. The highest BCUT2D eigenvalue weighted by Crippen LogP contribution is 2.20. The van der Waals surface area contributed by atoms with Gasteiger partial charge in [-0.15, -0.1) is 0 Å². The zero-order valence-corrected chi connectivity index (χ0v) is 11.3. The molecular weight excluding hydrogens is 282 g/mol. The van der Waals surface area contributed by atoms with Crippen LogP contribution in [0.1, 0.15) is 17.4 Å². The highest BCUT2D eigenvalue weighted by molar-refractivity contribution is 7.91. The van der Waals surface area contributed by atoms with E-state index in [1.165, 1.54) is 31.5 Å². The molecular formula is C12H11N3O4S. The van der Waals surface area contributed by atoms with Gasteiger partial charge in [-0.1, -0.05) is 6.92 Å². The highest BCUT2D eigenvalue weighted by Gasteiger charge is 2.23. The van der Waals surface area contributed by atoms with E-state index in [-0.39, 0.29) is 22.2 Å². The summed E-state index contributed by atoms with van der Waals surface area (Å²) in [6.07, 6.45) is 2.97. The van der Waals surface area contributed by atoms with Gasteiger partial charge in [-0.3, -0.25) is 0 Å². The monoisotopic (exact) mass is 293 g/mol. The Morgan fingerprint density at radius 3 is 2.45 bits per heavy atom. The molecule has 7 nitrogen and oxygen atoms in total. The summed E-state index contributed by atoms with van der Waals surface area (Å²) in [6, 6.07) is 4.23. The van der Waals surface area contributed by atoms with Crippen LogP contribution in [-0.4, -0.2) is 40.2 Å². The molecule has 2 aromatic rings. The number of carboxylic acid groups (broad SMARTS) is 1. The molecule has 2 heterocycles. The Kier molecular flexibility index (Phi) is 3.75. The van der Waals surface area contributed by atoms with Crippen molar-refractivity contribution in [2.45, 2.75) is 11.8 Å². The van der Waals surface area contributed by atoms with Crippen LogP contribution >= 0.6 is 0 Å². The summed E-state index contributed by atoms with van der Waals surface area (Å²) in [6.45, 7) is 1.44. The summed E-state index contributed by atoms with van der Waals surface area (Å²) in [4.78, 5) is 22.6. The maximum Gasteiger partial charge on any atom is 0.355 e. The highest BCUT2D eigenvalue weighted by atomic mass is 32.2. The number of rotatable bonds is 4. The van der Waals surface area contributed by atoms with Crippen LogP contribution < -0.4 is 0 Å². The number of nitrogens with zero attached hydrogens (tertiary/aromatic N) is 3. The van der Waals surface area contributed by atoms with Gasteiger partial charge in [0, 0.05) is 12.4 Å². The van der Waals surface area contributed by atoms with Gasteiger partial charge in [0.25, 0.3) is 0 Å². The van der Waals surface area contributed by atoms with Crippen LogP contribution in [0.4, 0.5) is 0 Å². The summed E-state index contributed by atoms with van der Waals surface area (Å²) < 4.78 is 23.7. The number of hydrogen-bond acceptors (Lipinski definition) is 6. The average Bonchev–Trinajstić information content (AvgIpc) is 2.47. The minimum absolute atomic E-state index is 0.198. The van der Waals surface area contributed by atoms with Crippen LogP contribution in [-0.2, 0) is 9.84 Å². The lowest BCUT2D eigenvalue weighted by atomic mass is 10.3. The minimum atomic E-state index is -3.66. The van der Waals surface area contributed by atoms with Crippen LogP contribution in [0.25, 0.3) is 11.5 Å². The summed E-state index contributed by atoms with van der Waals surface area (Å²) in [5.74, 6) is -1.37. The SMILES string of the molecule is CCS(=O)(=O)c1ccc(-c2ncccn2)nc1C(=O)O. The molecule has 0 radical (unpaired) electrons. The van der Waals surface area contributed by atoms with Gasteiger partial charge >= 0.3 is 5.97 Å². The van der Waals surface area contributed by atoms with Crippen molar-refractivity contribution in [1.82, 2.24) is 15.0 Å². The zero-order chi connectivity index (χ0) is 14.8. The van der Waals surface area contributed by atoms with E-state index in [0.29, 0.717) is 0 Å². The van der Waals surface area contributed by atoms with Crippen LogP contribution in [0.2, 0.25) is 0 Å². The van der Waals surface area contributed by atoms with Crippen LogP contribution in [0.5, 0.6) is 0 Å². The standard InChI is InChI=1S/C12H11N3O4S/c1-2-20(18,19)9-5-4-8(15-10(9)12(16)17)11-13-6-3-7-14-11/h3-7H,2H2,1H3,(H,16,17). The van der Waals surface area contributed by atoms with Gasteiger partial charge in [0.1, 0.15) is 10.6 Å². The number of hydrogen-bond donors (Lipinski definition) is 1. The lowest BCUT2D eigenvalue weighted by Gasteiger charge is -2.07. The first-order valence-corrected chi connectivity index (χ1v) is 7.35. The molecule has 0 saturated heterocycles. The maximum atomic E-state index is 11.8. The van der Waals surface area contributed by atoms with Crippen molar-refractivity contribution >= 4 is 15.8 Å². The number of aromatic carboxylic acids is 1. The number of aromatic nitrogens is 3. The summed E-state index contributed by atoms with van der Waals surface area (Å²) >= 11 is 0. The number of carbonyl (C=O) groups is 1. The van der Waals surface area contributed by atoms with E-state index < -0.39 is 21.5 Å². The minimum Gasteiger partial charge on any atom is -0.476 e. The largest absolute Gasteiger partial charge is 0.476 e. The Bertz CT molecular complexity index is 745. The van der Waals surface area contributed by atoms with Crippen molar-refractivity contribution in [2.75, 3.05) is 5.75 Å². The second-order valence-electron chi connectivity index (χ2n) is 3.82. The van der Waals surface area contributed by atoms with Gasteiger partial charge in [-0.2, -0.15) is 0 Å². The fourth-order valence-electron chi connectivity index (χ4n) is 1.56. The number of pyridine rings is 1. The van der Waals surface area contributed by atoms with Crippen LogP contribution in [0.15, 0.2) is 35.5 Å². The van der Waals surface area contributed by atoms with Gasteiger partial charge in [0.15, 0.2) is 21.4 Å². The van der Waals surface area contributed by atoms with Gasteiger partial charge in [-0.05, 0) is 18.2 Å². The fraction of sp³-hybridized carbons (Fsp3) is 0.167. The molecule has 1 N–H and O–H groups in total. The van der Waals surface area contributed by atoms with Gasteiger partial charge < -0.3 is 5.11 Å². The molecule has 0 aliphatic rings. The molecule has 0 amide bonds. The Morgan fingerprint density at radius 2 is 1.90 bits per heavy atom. The van der Waals surface area contributed by atoms with Crippen molar-refractivity contribution in [3.63, 3.8) is 0 Å². The maximum absolute atomic E-state index is 11.8. The second-order valence-corrected chi connectivity index (χ2v) is 6.07. The van der Waals surface area contributed by atoms with Crippen LogP contribution in [0.3, 0.4) is 0 Å². The molecule has 0 spiro atoms. The van der Waals surface area contributed by atoms with E-state index in [2.05, 4.69) is 15.0 Å². The third kappa shape index (κ3) is 2.64. The van der Waals surface area contributed by atoms with E-state index in [1.807, 2.05) is 0 Å². The zero-order valence-electron chi connectivity index (χ0n) is 10.5. The van der Waals surface area contributed by atoms with Crippen molar-refractivity contribution in [3.8, 4) is 11.5 Å². The smallest absolute Gasteiger partial charge is 0.355 e. The molecule has 0 fully saturated rings. The normalized spacial score (nSPS) is 11.2. The summed E-state index contributed by atoms with van der Waals surface area (Å²) in [7, 11) is -3.66. The fourth-order valence-corrected chi connectivity index (χ4v) is 2.58. The van der Waals surface area contributed by atoms with Gasteiger partial charge in [0.2, 0.25) is 0 Å². The molecule has 0 aliphatic carbocycles. The Labute approximate surface area is 115 Å². The predicted octanol–water partition coefficient (Wildman–Crippen LogP) is 1.03. The molecule has 2 aromatic heterocycles. The lowest BCUT2D eigenvalue weighted by molar-refractivity contribution is 0.0686. The Balaban J connectivity index is 2.63. The predicted molar refractivity (Wildman–Crippen MR) is 69.9 cm³/mol. The molecule has 20 heavy (non-hydrogen) atoms. The molecule has 0 bridgehead atoms. The molecule has 8 heteroatoms. The van der Waals surface area contributed by atoms with Crippen molar-refractivity contribution < 1.29 is 18.3 Å². The molecule has 104 valence electrons. The second kappa shape index (κ2) is 5.33. The Hall–Kier alpha value is -2.35. The first-order chi connectivity index (χ1) is 9.45. The molecule has 0 unspecified atom stereocenters. The van der Waals surface area contributed by atoms with E-state index in [4.69, 9.17) is 5.11 Å². The quantitative estimate of drug-likeness (QED) is 0.896. The first kappa shape index (κ1) is 14.1. The Morgan fingerprint density at radius 1 is 1.25 bits per heavy atom. The van der Waals surface area contributed by atoms with E-state index >= 15 is 0 Å². The summed E-state index contributed by atoms with van der Waals surface area (Å²) in [5, 5.41) is 9.13. The molecule has 0 saturated carbocycles. The average molecular weight is 293 g/mol. The molecule has 2 rings (SSSR count). The number of carboxylic acids is 1. The van der Waals surface area contributed by atoms with Gasteiger partial charge in [-0.25, -0.2) is 28.2 Å². The third-order valence-electron chi connectivity index (χ3n) is 2.57.